The zero-order valence-corrected chi connectivity index (χ0v) is 14.9. The summed E-state index contributed by atoms with van der Waals surface area (Å²) in [6, 6.07) is 5.91. The highest BCUT2D eigenvalue weighted by molar-refractivity contribution is 5.76. The van der Waals surface area contributed by atoms with Gasteiger partial charge in [-0.1, -0.05) is 0 Å². The van der Waals surface area contributed by atoms with Crippen LogP contribution in [-0.2, 0) is 7.05 Å². The van der Waals surface area contributed by atoms with Crippen molar-refractivity contribution in [3.05, 3.63) is 36.9 Å². The molecule has 0 spiro atoms. The number of fused-ring (bicyclic) bond motifs is 1. The summed E-state index contributed by atoms with van der Waals surface area (Å²) in [6.07, 6.45) is 6.56. The summed E-state index contributed by atoms with van der Waals surface area (Å²) in [6.45, 7) is 1.59. The third-order valence-corrected chi connectivity index (χ3v) is 5.11. The van der Waals surface area contributed by atoms with Gasteiger partial charge in [-0.25, -0.2) is 9.97 Å². The normalized spacial score (nSPS) is 15.7. The van der Waals surface area contributed by atoms with Gasteiger partial charge in [0.15, 0.2) is 5.65 Å². The Hall–Kier alpha value is -3.20. The Labute approximate surface area is 155 Å². The van der Waals surface area contributed by atoms with Crippen LogP contribution in [0.4, 0.5) is 5.82 Å². The summed E-state index contributed by atoms with van der Waals surface area (Å²) in [5.74, 6) is 1.02. The number of anilines is 1. The van der Waals surface area contributed by atoms with Crippen LogP contribution in [0.1, 0.15) is 12.8 Å². The molecular formula is C18H20N8O. The standard InChI is InChI=1S/C18H20N8O/c1-24-15(3-7-21-24)14-10-16(25-8-4-12(27)5-9-25)26-11-19-17(18(26)22-14)13-2-6-20-23-13/h2-3,6-7,10-12,27H,4-5,8-9H2,1H3,(H,20,23). The molecule has 0 atom stereocenters. The third-order valence-electron chi connectivity index (χ3n) is 5.11. The van der Waals surface area contributed by atoms with Gasteiger partial charge in [0.25, 0.3) is 0 Å². The molecule has 5 heterocycles. The summed E-state index contributed by atoms with van der Waals surface area (Å²) in [5.41, 5.74) is 4.12. The number of hydrogen-bond acceptors (Lipinski definition) is 6. The number of piperidine rings is 1. The van der Waals surface area contributed by atoms with Gasteiger partial charge in [0.05, 0.1) is 23.2 Å². The predicted octanol–water partition coefficient (Wildman–Crippen LogP) is 1.48. The highest BCUT2D eigenvalue weighted by Crippen LogP contribution is 2.30. The van der Waals surface area contributed by atoms with E-state index in [-0.39, 0.29) is 6.10 Å². The van der Waals surface area contributed by atoms with Gasteiger partial charge < -0.3 is 10.0 Å². The van der Waals surface area contributed by atoms with Crippen molar-refractivity contribution in [3.63, 3.8) is 0 Å². The molecule has 0 bridgehead atoms. The molecule has 4 aromatic rings. The minimum absolute atomic E-state index is 0.224. The maximum Gasteiger partial charge on any atom is 0.168 e. The number of aromatic nitrogens is 7. The van der Waals surface area contributed by atoms with E-state index >= 15 is 0 Å². The lowest BCUT2D eigenvalue weighted by molar-refractivity contribution is 0.145. The van der Waals surface area contributed by atoms with E-state index in [4.69, 9.17) is 4.98 Å². The molecule has 4 aromatic heterocycles. The van der Waals surface area contributed by atoms with Crippen molar-refractivity contribution < 1.29 is 5.11 Å². The zero-order valence-electron chi connectivity index (χ0n) is 14.9. The lowest BCUT2D eigenvalue weighted by atomic mass is 10.1. The molecule has 2 N–H and O–H groups in total. The number of aliphatic hydroxyl groups excluding tert-OH is 1. The molecule has 0 saturated carbocycles. The Kier molecular flexibility index (Phi) is 3.68. The summed E-state index contributed by atoms with van der Waals surface area (Å²) in [4.78, 5) is 11.7. The average molecular weight is 364 g/mol. The molecule has 0 radical (unpaired) electrons. The van der Waals surface area contributed by atoms with Crippen LogP contribution in [0.25, 0.3) is 28.4 Å². The fraction of sp³-hybridized carbons (Fsp3) is 0.333. The summed E-state index contributed by atoms with van der Waals surface area (Å²) in [7, 11) is 1.91. The fourth-order valence-electron chi connectivity index (χ4n) is 3.63. The molecular weight excluding hydrogens is 344 g/mol. The van der Waals surface area contributed by atoms with Gasteiger partial charge in [0.1, 0.15) is 17.8 Å². The number of imidazole rings is 1. The van der Waals surface area contributed by atoms with E-state index < -0.39 is 0 Å². The molecule has 0 unspecified atom stereocenters. The molecule has 0 aliphatic carbocycles. The Balaban J connectivity index is 1.71. The lowest BCUT2D eigenvalue weighted by Crippen LogP contribution is -2.36. The Morgan fingerprint density at radius 1 is 1.19 bits per heavy atom. The SMILES string of the molecule is Cn1nccc1-c1cc(N2CCC(O)CC2)n2cnc(-c3ccn[nH]3)c2n1. The van der Waals surface area contributed by atoms with Crippen molar-refractivity contribution in [2.45, 2.75) is 18.9 Å². The van der Waals surface area contributed by atoms with Gasteiger partial charge in [0.2, 0.25) is 0 Å². The number of nitrogens with zero attached hydrogens (tertiary/aromatic N) is 7. The molecule has 1 aliphatic rings. The monoisotopic (exact) mass is 364 g/mol. The van der Waals surface area contributed by atoms with E-state index in [9.17, 15) is 5.11 Å². The molecule has 1 saturated heterocycles. The van der Waals surface area contributed by atoms with Gasteiger partial charge in [-0.2, -0.15) is 10.2 Å². The smallest absolute Gasteiger partial charge is 0.168 e. The topological polar surface area (TPSA) is 100 Å². The molecule has 0 amide bonds. The van der Waals surface area contributed by atoms with E-state index in [0.717, 1.165) is 60.2 Å². The largest absolute Gasteiger partial charge is 0.393 e. The number of rotatable bonds is 3. The quantitative estimate of drug-likeness (QED) is 0.571. The molecule has 0 aromatic carbocycles. The number of nitrogens with one attached hydrogen (secondary N) is 1. The van der Waals surface area contributed by atoms with Gasteiger partial charge in [-0.05, 0) is 25.0 Å². The summed E-state index contributed by atoms with van der Waals surface area (Å²) in [5, 5.41) is 21.2. The van der Waals surface area contributed by atoms with Crippen LogP contribution < -0.4 is 4.90 Å². The van der Waals surface area contributed by atoms with Crippen LogP contribution in [0, 0.1) is 0 Å². The molecule has 1 aliphatic heterocycles. The van der Waals surface area contributed by atoms with E-state index in [2.05, 4.69) is 31.2 Å². The van der Waals surface area contributed by atoms with Crippen molar-refractivity contribution >= 4 is 11.5 Å². The van der Waals surface area contributed by atoms with E-state index in [1.165, 1.54) is 0 Å². The first-order valence-electron chi connectivity index (χ1n) is 9.00. The highest BCUT2D eigenvalue weighted by Gasteiger charge is 2.22. The first-order chi connectivity index (χ1) is 13.2. The predicted molar refractivity (Wildman–Crippen MR) is 100 cm³/mol. The van der Waals surface area contributed by atoms with Crippen LogP contribution in [-0.4, -0.2) is 58.6 Å². The Bertz CT molecular complexity index is 1070. The molecule has 27 heavy (non-hydrogen) atoms. The lowest BCUT2D eigenvalue weighted by Gasteiger charge is -2.32. The van der Waals surface area contributed by atoms with Gasteiger partial charge >= 0.3 is 0 Å². The van der Waals surface area contributed by atoms with Crippen LogP contribution in [0.2, 0.25) is 0 Å². The first kappa shape index (κ1) is 16.0. The fourth-order valence-corrected chi connectivity index (χ4v) is 3.63. The third kappa shape index (κ3) is 2.67. The number of H-pyrrole nitrogens is 1. The number of aliphatic hydroxyl groups is 1. The van der Waals surface area contributed by atoms with Crippen LogP contribution in [0.3, 0.4) is 0 Å². The van der Waals surface area contributed by atoms with E-state index in [1.807, 2.05) is 28.3 Å². The van der Waals surface area contributed by atoms with E-state index in [1.54, 1.807) is 18.7 Å². The second kappa shape index (κ2) is 6.20. The first-order valence-corrected chi connectivity index (χ1v) is 9.00. The van der Waals surface area contributed by atoms with Crippen molar-refractivity contribution in [3.8, 4) is 22.8 Å². The second-order valence-electron chi connectivity index (χ2n) is 6.81. The molecule has 138 valence electrons. The maximum absolute atomic E-state index is 9.88. The molecule has 9 heteroatoms. The minimum atomic E-state index is -0.224. The highest BCUT2D eigenvalue weighted by atomic mass is 16.3. The summed E-state index contributed by atoms with van der Waals surface area (Å²) >= 11 is 0. The maximum atomic E-state index is 9.88. The average Bonchev–Trinajstić information content (AvgIpc) is 3.41. The van der Waals surface area contributed by atoms with Crippen molar-refractivity contribution in [2.75, 3.05) is 18.0 Å². The van der Waals surface area contributed by atoms with Crippen molar-refractivity contribution in [1.82, 2.24) is 34.3 Å². The minimum Gasteiger partial charge on any atom is -0.393 e. The number of aromatic amines is 1. The van der Waals surface area contributed by atoms with Crippen LogP contribution in [0.15, 0.2) is 36.9 Å². The van der Waals surface area contributed by atoms with Crippen LogP contribution >= 0.6 is 0 Å². The van der Waals surface area contributed by atoms with Crippen molar-refractivity contribution in [2.24, 2.45) is 7.05 Å². The van der Waals surface area contributed by atoms with Crippen molar-refractivity contribution in [1.29, 1.82) is 0 Å². The van der Waals surface area contributed by atoms with Gasteiger partial charge in [0, 0.05) is 38.6 Å². The second-order valence-corrected chi connectivity index (χ2v) is 6.81. The van der Waals surface area contributed by atoms with Gasteiger partial charge in [-0.15, -0.1) is 0 Å². The molecule has 5 rings (SSSR count). The number of aryl methyl sites for hydroxylation is 1. The molecule has 9 nitrogen and oxygen atoms in total. The van der Waals surface area contributed by atoms with Gasteiger partial charge in [-0.3, -0.25) is 14.2 Å². The molecule has 1 fully saturated rings. The Morgan fingerprint density at radius 3 is 2.74 bits per heavy atom. The number of hydrogen-bond donors (Lipinski definition) is 2. The Morgan fingerprint density at radius 2 is 2.04 bits per heavy atom. The van der Waals surface area contributed by atoms with Crippen LogP contribution in [0.5, 0.6) is 0 Å². The van der Waals surface area contributed by atoms with E-state index in [0.29, 0.717) is 0 Å². The summed E-state index contributed by atoms with van der Waals surface area (Å²) < 4.78 is 3.82. The zero-order chi connectivity index (χ0) is 18.4.